The van der Waals surface area contributed by atoms with Crippen molar-refractivity contribution >= 4 is 22.4 Å². The van der Waals surface area contributed by atoms with Gasteiger partial charge in [0.05, 0.1) is 12.3 Å². The second kappa shape index (κ2) is 10.2. The molecule has 29 heavy (non-hydrogen) atoms. The van der Waals surface area contributed by atoms with E-state index in [9.17, 15) is 4.79 Å². The average molecular weight is 410 g/mol. The lowest BCUT2D eigenvalue weighted by atomic mass is 10.1. The van der Waals surface area contributed by atoms with Crippen LogP contribution >= 0.6 is 11.3 Å². The highest BCUT2D eigenvalue weighted by atomic mass is 32.1. The summed E-state index contributed by atoms with van der Waals surface area (Å²) in [7, 11) is 0. The molecule has 0 fully saturated rings. The number of ether oxygens (including phenoxy) is 1. The molecule has 0 aliphatic rings. The van der Waals surface area contributed by atoms with Crippen molar-refractivity contribution in [3.8, 4) is 17.0 Å². The molecular weight excluding hydrogens is 382 g/mol. The Kier molecular flexibility index (Phi) is 7.38. The van der Waals surface area contributed by atoms with E-state index >= 15 is 0 Å². The van der Waals surface area contributed by atoms with Gasteiger partial charge in [0.15, 0.2) is 5.13 Å². The minimum Gasteiger partial charge on any atom is -0.493 e. The fraction of sp³-hybridized carbons (Fsp3) is 0.304. The average Bonchev–Trinajstić information content (AvgIpc) is 3.21. The number of carbonyl (C=O) groups is 1. The van der Waals surface area contributed by atoms with Gasteiger partial charge >= 0.3 is 0 Å². The molecule has 0 saturated carbocycles. The van der Waals surface area contributed by atoms with Gasteiger partial charge in [-0.2, -0.15) is 0 Å². The molecular formula is C23H27N3O2S. The second-order valence-corrected chi connectivity index (χ2v) is 7.44. The zero-order valence-corrected chi connectivity index (χ0v) is 18.0. The van der Waals surface area contributed by atoms with Crippen LogP contribution in [0.4, 0.5) is 5.13 Å². The molecule has 3 rings (SSSR count). The van der Waals surface area contributed by atoms with Gasteiger partial charge < -0.3 is 4.74 Å². The van der Waals surface area contributed by atoms with E-state index in [-0.39, 0.29) is 5.91 Å². The number of aromatic nitrogens is 1. The minimum atomic E-state index is -0.154. The van der Waals surface area contributed by atoms with E-state index in [1.54, 1.807) is 0 Å². The van der Waals surface area contributed by atoms with Gasteiger partial charge in [-0.25, -0.2) is 4.98 Å². The molecule has 0 unspecified atom stereocenters. The number of anilines is 1. The van der Waals surface area contributed by atoms with Crippen molar-refractivity contribution in [2.75, 3.05) is 25.0 Å². The number of para-hydroxylation sites is 1. The van der Waals surface area contributed by atoms with Crippen molar-refractivity contribution in [1.29, 1.82) is 0 Å². The number of rotatable bonds is 9. The summed E-state index contributed by atoms with van der Waals surface area (Å²) in [4.78, 5) is 19.5. The van der Waals surface area contributed by atoms with Gasteiger partial charge in [-0.3, -0.25) is 15.0 Å². The number of nitrogens with zero attached hydrogens (tertiary/aromatic N) is 2. The lowest BCUT2D eigenvalue weighted by Crippen LogP contribution is -2.22. The Hall–Kier alpha value is -2.70. The first kappa shape index (κ1) is 21.0. The summed E-state index contributed by atoms with van der Waals surface area (Å²) in [5, 5.41) is 5.40. The largest absolute Gasteiger partial charge is 0.493 e. The third-order valence-electron chi connectivity index (χ3n) is 4.70. The van der Waals surface area contributed by atoms with Crippen LogP contribution in [-0.4, -0.2) is 35.5 Å². The smallest absolute Gasteiger partial charge is 0.257 e. The molecule has 0 atom stereocenters. The topological polar surface area (TPSA) is 54.5 Å². The first-order chi connectivity index (χ1) is 14.1. The number of carbonyl (C=O) groups excluding carboxylic acids is 1. The Morgan fingerprint density at radius 2 is 1.79 bits per heavy atom. The van der Waals surface area contributed by atoms with Crippen LogP contribution in [0.25, 0.3) is 11.3 Å². The van der Waals surface area contributed by atoms with Crippen molar-refractivity contribution in [1.82, 2.24) is 9.88 Å². The van der Waals surface area contributed by atoms with E-state index in [0.717, 1.165) is 36.6 Å². The zero-order valence-electron chi connectivity index (χ0n) is 17.1. The van der Waals surface area contributed by atoms with Gasteiger partial charge in [-0.15, -0.1) is 11.3 Å². The Labute approximate surface area is 176 Å². The van der Waals surface area contributed by atoms with Gasteiger partial charge in [0.25, 0.3) is 5.91 Å². The number of nitrogens with one attached hydrogen (secondary N) is 1. The van der Waals surface area contributed by atoms with Crippen LogP contribution in [0.2, 0.25) is 0 Å². The van der Waals surface area contributed by atoms with Gasteiger partial charge in [-0.05, 0) is 49.8 Å². The highest BCUT2D eigenvalue weighted by Crippen LogP contribution is 2.32. The molecule has 0 saturated heterocycles. The molecule has 0 spiro atoms. The van der Waals surface area contributed by atoms with Crippen LogP contribution in [0.3, 0.4) is 0 Å². The summed E-state index contributed by atoms with van der Waals surface area (Å²) in [6.07, 6.45) is 0. The van der Waals surface area contributed by atoms with Crippen molar-refractivity contribution in [3.63, 3.8) is 0 Å². The summed E-state index contributed by atoms with van der Waals surface area (Å²) in [5.74, 6) is 0.639. The predicted octanol–water partition coefficient (Wildman–Crippen LogP) is 5.30. The molecule has 152 valence electrons. The van der Waals surface area contributed by atoms with Gasteiger partial charge in [0.1, 0.15) is 5.75 Å². The lowest BCUT2D eigenvalue weighted by molar-refractivity contribution is 0.102. The highest BCUT2D eigenvalue weighted by molar-refractivity contribution is 7.14. The van der Waals surface area contributed by atoms with Crippen LogP contribution in [0, 0.1) is 0 Å². The standard InChI is InChI=1S/C23H27N3O2S/c1-4-26(5-2)15-17-11-13-18(14-12-17)22(27)25-23-24-20(16-29-23)19-9-7-8-10-21(19)28-6-3/h7-14,16H,4-6,15H2,1-3H3,(H,24,25,27). The van der Waals surface area contributed by atoms with Crippen molar-refractivity contribution in [2.24, 2.45) is 0 Å². The molecule has 0 bridgehead atoms. The summed E-state index contributed by atoms with van der Waals surface area (Å²) in [6, 6.07) is 15.6. The van der Waals surface area contributed by atoms with Crippen molar-refractivity contribution < 1.29 is 9.53 Å². The monoisotopic (exact) mass is 409 g/mol. The Morgan fingerprint density at radius 1 is 1.07 bits per heavy atom. The van der Waals surface area contributed by atoms with Crippen LogP contribution in [0.1, 0.15) is 36.7 Å². The maximum atomic E-state index is 12.6. The molecule has 1 N–H and O–H groups in total. The van der Waals surface area contributed by atoms with Crippen molar-refractivity contribution in [2.45, 2.75) is 27.3 Å². The molecule has 3 aromatic rings. The molecule has 0 aliphatic heterocycles. The summed E-state index contributed by atoms with van der Waals surface area (Å²) >= 11 is 1.41. The summed E-state index contributed by atoms with van der Waals surface area (Å²) in [6.45, 7) is 9.77. The maximum absolute atomic E-state index is 12.6. The van der Waals surface area contributed by atoms with Crippen LogP contribution in [0.5, 0.6) is 5.75 Å². The van der Waals surface area contributed by atoms with Gasteiger partial charge in [-0.1, -0.05) is 38.1 Å². The van der Waals surface area contributed by atoms with Crippen LogP contribution in [0.15, 0.2) is 53.9 Å². The second-order valence-electron chi connectivity index (χ2n) is 6.58. The number of hydrogen-bond donors (Lipinski definition) is 1. The number of thiazole rings is 1. The van der Waals surface area contributed by atoms with E-state index in [1.165, 1.54) is 16.9 Å². The maximum Gasteiger partial charge on any atom is 0.257 e. The SMILES string of the molecule is CCOc1ccccc1-c1csc(NC(=O)c2ccc(CN(CC)CC)cc2)n1. The highest BCUT2D eigenvalue weighted by Gasteiger charge is 2.13. The van der Waals surface area contributed by atoms with Crippen LogP contribution in [-0.2, 0) is 6.54 Å². The quantitative estimate of drug-likeness (QED) is 0.521. The van der Waals surface area contributed by atoms with E-state index in [0.29, 0.717) is 17.3 Å². The minimum absolute atomic E-state index is 0.154. The fourth-order valence-electron chi connectivity index (χ4n) is 3.05. The number of benzene rings is 2. The number of amides is 1. The van der Waals surface area contributed by atoms with Gasteiger partial charge in [0, 0.05) is 23.1 Å². The zero-order chi connectivity index (χ0) is 20.6. The van der Waals surface area contributed by atoms with E-state index in [2.05, 4.69) is 29.0 Å². The van der Waals surface area contributed by atoms with Gasteiger partial charge in [0.2, 0.25) is 0 Å². The van der Waals surface area contributed by atoms with Crippen LogP contribution < -0.4 is 10.1 Å². The molecule has 2 aromatic carbocycles. The van der Waals surface area contributed by atoms with Crippen molar-refractivity contribution in [3.05, 3.63) is 65.0 Å². The van der Waals surface area contributed by atoms with E-state index in [1.807, 2.05) is 60.8 Å². The third-order valence-corrected chi connectivity index (χ3v) is 5.46. The molecule has 1 aromatic heterocycles. The first-order valence-electron chi connectivity index (χ1n) is 9.94. The molecule has 0 aliphatic carbocycles. The fourth-order valence-corrected chi connectivity index (χ4v) is 3.76. The third kappa shape index (κ3) is 5.43. The molecule has 6 heteroatoms. The predicted molar refractivity (Wildman–Crippen MR) is 120 cm³/mol. The molecule has 1 amide bonds. The molecule has 5 nitrogen and oxygen atoms in total. The lowest BCUT2D eigenvalue weighted by Gasteiger charge is -2.17. The first-order valence-corrected chi connectivity index (χ1v) is 10.8. The molecule has 1 heterocycles. The normalized spacial score (nSPS) is 10.9. The Balaban J connectivity index is 1.68. The Bertz CT molecular complexity index is 933. The van der Waals surface area contributed by atoms with E-state index in [4.69, 9.17) is 4.74 Å². The number of hydrogen-bond acceptors (Lipinski definition) is 5. The van der Waals surface area contributed by atoms with E-state index < -0.39 is 0 Å². The Morgan fingerprint density at radius 3 is 2.48 bits per heavy atom. The molecule has 0 radical (unpaired) electrons. The summed E-state index contributed by atoms with van der Waals surface area (Å²) < 4.78 is 5.68. The summed E-state index contributed by atoms with van der Waals surface area (Å²) in [5.41, 5.74) is 3.55.